The first-order valence-corrected chi connectivity index (χ1v) is 9.00. The van der Waals surface area contributed by atoms with E-state index in [4.69, 9.17) is 10.5 Å². The van der Waals surface area contributed by atoms with Gasteiger partial charge in [-0.15, -0.1) is 0 Å². The molecule has 1 aromatic carbocycles. The first-order chi connectivity index (χ1) is 11.6. The van der Waals surface area contributed by atoms with E-state index in [1.165, 1.54) is 32.5 Å². The Hall–Kier alpha value is -1.75. The lowest BCUT2D eigenvalue weighted by Crippen LogP contribution is -2.39. The zero-order valence-electron chi connectivity index (χ0n) is 15.3. The highest BCUT2D eigenvalue weighted by Gasteiger charge is 2.20. The second-order valence-electron chi connectivity index (χ2n) is 7.00. The number of nitrogens with zero attached hydrogens (tertiary/aromatic N) is 2. The van der Waals surface area contributed by atoms with Crippen molar-refractivity contribution >= 4 is 11.6 Å². The Morgan fingerprint density at radius 2 is 1.96 bits per heavy atom. The first-order valence-electron chi connectivity index (χ1n) is 9.00. The number of hydrogen-bond acceptors (Lipinski definition) is 3. The van der Waals surface area contributed by atoms with Gasteiger partial charge in [0.15, 0.2) is 5.96 Å². The summed E-state index contributed by atoms with van der Waals surface area (Å²) < 4.78 is 5.30. The monoisotopic (exact) mass is 332 g/mol. The molecule has 1 heterocycles. The topological polar surface area (TPSA) is 62.9 Å². The molecule has 0 aromatic heterocycles. The number of likely N-dealkylation sites (tertiary alicyclic amines) is 1. The third-order valence-electron chi connectivity index (χ3n) is 4.48. The summed E-state index contributed by atoms with van der Waals surface area (Å²) in [6.45, 7) is 9.13. The van der Waals surface area contributed by atoms with Gasteiger partial charge in [0.05, 0.1) is 12.8 Å². The van der Waals surface area contributed by atoms with Crippen molar-refractivity contribution < 1.29 is 4.74 Å². The van der Waals surface area contributed by atoms with Crippen molar-refractivity contribution in [2.75, 3.05) is 38.6 Å². The van der Waals surface area contributed by atoms with Crippen molar-refractivity contribution in [3.05, 3.63) is 24.3 Å². The van der Waals surface area contributed by atoms with E-state index < -0.39 is 0 Å². The molecule has 1 aliphatic heterocycles. The molecular weight excluding hydrogens is 300 g/mol. The molecule has 0 saturated carbocycles. The summed E-state index contributed by atoms with van der Waals surface area (Å²) >= 11 is 0. The maximum absolute atomic E-state index is 5.96. The molecule has 0 amide bonds. The van der Waals surface area contributed by atoms with Crippen LogP contribution in [0.5, 0.6) is 5.75 Å². The third-order valence-corrected chi connectivity index (χ3v) is 4.48. The van der Waals surface area contributed by atoms with Gasteiger partial charge in [0.2, 0.25) is 0 Å². The lowest BCUT2D eigenvalue weighted by molar-refractivity contribution is 0.139. The molecule has 2 atom stereocenters. The molecule has 0 aliphatic carbocycles. The Morgan fingerprint density at radius 1 is 1.25 bits per heavy atom. The fourth-order valence-electron chi connectivity index (χ4n) is 3.55. The Morgan fingerprint density at radius 3 is 2.67 bits per heavy atom. The average Bonchev–Trinajstić information content (AvgIpc) is 2.54. The van der Waals surface area contributed by atoms with E-state index in [0.29, 0.717) is 5.96 Å². The Balaban J connectivity index is 1.68. The maximum atomic E-state index is 5.96. The van der Waals surface area contributed by atoms with Crippen LogP contribution in [-0.4, -0.2) is 44.1 Å². The number of benzene rings is 1. The molecule has 1 fully saturated rings. The molecule has 3 N–H and O–H groups in total. The van der Waals surface area contributed by atoms with Crippen LogP contribution in [0.4, 0.5) is 5.69 Å². The summed E-state index contributed by atoms with van der Waals surface area (Å²) in [5, 5.41) is 3.11. The molecule has 0 radical (unpaired) electrons. The van der Waals surface area contributed by atoms with Gasteiger partial charge in [-0.2, -0.15) is 0 Å². The summed E-state index contributed by atoms with van der Waals surface area (Å²) in [7, 11) is 1.65. The minimum atomic E-state index is 0.444. The largest absolute Gasteiger partial charge is 0.495 e. The molecule has 134 valence electrons. The molecule has 5 nitrogen and oxygen atoms in total. The van der Waals surface area contributed by atoms with E-state index >= 15 is 0 Å². The number of unbranched alkanes of at least 4 members (excludes halogenated alkanes) is 1. The standard InChI is InChI=1S/C19H32N4O/c1-15-12-16(2)14-23(13-15)11-7-6-10-21-19(20)22-17-8-4-5-9-18(17)24-3/h4-5,8-9,15-16H,6-7,10-14H2,1-3H3,(H3,20,21,22). The summed E-state index contributed by atoms with van der Waals surface area (Å²) in [6, 6.07) is 7.70. The number of nitrogens with one attached hydrogen (secondary N) is 1. The van der Waals surface area contributed by atoms with Gasteiger partial charge >= 0.3 is 0 Å². The number of methoxy groups -OCH3 is 1. The summed E-state index contributed by atoms with van der Waals surface area (Å²) in [6.07, 6.45) is 3.60. The lowest BCUT2D eigenvalue weighted by Gasteiger charge is -2.34. The van der Waals surface area contributed by atoms with Crippen LogP contribution in [0.2, 0.25) is 0 Å². The first kappa shape index (κ1) is 18.6. The molecule has 0 spiro atoms. The molecule has 1 saturated heterocycles. The molecule has 2 unspecified atom stereocenters. The summed E-state index contributed by atoms with van der Waals surface area (Å²) in [5.74, 6) is 2.86. The fourth-order valence-corrected chi connectivity index (χ4v) is 3.55. The minimum Gasteiger partial charge on any atom is -0.495 e. The average molecular weight is 332 g/mol. The van der Waals surface area contributed by atoms with Crippen LogP contribution in [0.3, 0.4) is 0 Å². The predicted molar refractivity (Wildman–Crippen MR) is 102 cm³/mol. The zero-order valence-corrected chi connectivity index (χ0v) is 15.3. The number of para-hydroxylation sites is 2. The normalized spacial score (nSPS) is 22.4. The highest BCUT2D eigenvalue weighted by atomic mass is 16.5. The number of piperidine rings is 1. The van der Waals surface area contributed by atoms with Gasteiger partial charge in [-0.25, -0.2) is 0 Å². The SMILES string of the molecule is COc1ccccc1NC(N)=NCCCCN1CC(C)CC(C)C1. The predicted octanol–water partition coefficient (Wildman–Crippen LogP) is 3.18. The number of ether oxygens (including phenoxy) is 1. The minimum absolute atomic E-state index is 0.444. The second-order valence-corrected chi connectivity index (χ2v) is 7.00. The van der Waals surface area contributed by atoms with Crippen molar-refractivity contribution in [1.29, 1.82) is 0 Å². The Bertz CT molecular complexity index is 522. The highest BCUT2D eigenvalue weighted by molar-refractivity contribution is 5.93. The Labute approximate surface area is 146 Å². The molecular formula is C19H32N4O. The van der Waals surface area contributed by atoms with Crippen LogP contribution >= 0.6 is 0 Å². The van der Waals surface area contributed by atoms with Crippen LogP contribution in [-0.2, 0) is 0 Å². The number of aliphatic imine (C=N–C) groups is 1. The highest BCUT2D eigenvalue weighted by Crippen LogP contribution is 2.23. The van der Waals surface area contributed by atoms with E-state index in [1.807, 2.05) is 24.3 Å². The molecule has 5 heteroatoms. The van der Waals surface area contributed by atoms with Crippen LogP contribution in [0, 0.1) is 11.8 Å². The van der Waals surface area contributed by atoms with Gasteiger partial charge in [-0.3, -0.25) is 4.99 Å². The van der Waals surface area contributed by atoms with Gasteiger partial charge in [-0.05, 0) is 49.8 Å². The van der Waals surface area contributed by atoms with Crippen molar-refractivity contribution in [1.82, 2.24) is 4.90 Å². The van der Waals surface area contributed by atoms with Crippen LogP contribution in [0.15, 0.2) is 29.3 Å². The van der Waals surface area contributed by atoms with E-state index in [9.17, 15) is 0 Å². The number of anilines is 1. The van der Waals surface area contributed by atoms with E-state index in [1.54, 1.807) is 7.11 Å². The number of guanidine groups is 1. The van der Waals surface area contributed by atoms with Gasteiger partial charge in [0.1, 0.15) is 5.75 Å². The zero-order chi connectivity index (χ0) is 17.4. The van der Waals surface area contributed by atoms with Crippen molar-refractivity contribution in [2.45, 2.75) is 33.1 Å². The number of rotatable bonds is 7. The van der Waals surface area contributed by atoms with Crippen molar-refractivity contribution in [3.8, 4) is 5.75 Å². The van der Waals surface area contributed by atoms with Gasteiger partial charge in [-0.1, -0.05) is 26.0 Å². The number of nitrogens with two attached hydrogens (primary N) is 1. The van der Waals surface area contributed by atoms with E-state index in [0.717, 1.165) is 36.2 Å². The van der Waals surface area contributed by atoms with Gasteiger partial charge < -0.3 is 20.7 Å². The fraction of sp³-hybridized carbons (Fsp3) is 0.632. The maximum Gasteiger partial charge on any atom is 0.193 e. The van der Waals surface area contributed by atoms with Crippen LogP contribution in [0.1, 0.15) is 33.1 Å². The second kappa shape index (κ2) is 9.52. The van der Waals surface area contributed by atoms with Gasteiger partial charge in [0, 0.05) is 19.6 Å². The van der Waals surface area contributed by atoms with Crippen molar-refractivity contribution in [3.63, 3.8) is 0 Å². The molecule has 0 bridgehead atoms. The van der Waals surface area contributed by atoms with Crippen LogP contribution < -0.4 is 15.8 Å². The van der Waals surface area contributed by atoms with E-state index in [2.05, 4.69) is 29.1 Å². The van der Waals surface area contributed by atoms with Crippen LogP contribution in [0.25, 0.3) is 0 Å². The lowest BCUT2D eigenvalue weighted by atomic mass is 9.92. The van der Waals surface area contributed by atoms with Crippen molar-refractivity contribution in [2.24, 2.45) is 22.6 Å². The quantitative estimate of drug-likeness (QED) is 0.457. The number of hydrogen-bond donors (Lipinski definition) is 2. The molecule has 24 heavy (non-hydrogen) atoms. The molecule has 1 aliphatic rings. The third kappa shape index (κ3) is 6.04. The summed E-state index contributed by atoms with van der Waals surface area (Å²) in [4.78, 5) is 7.01. The molecule has 1 aromatic rings. The Kier molecular flexibility index (Phi) is 7.37. The smallest absolute Gasteiger partial charge is 0.193 e. The van der Waals surface area contributed by atoms with E-state index in [-0.39, 0.29) is 0 Å². The summed E-state index contributed by atoms with van der Waals surface area (Å²) in [5.41, 5.74) is 6.81. The molecule has 2 rings (SSSR count). The van der Waals surface area contributed by atoms with Gasteiger partial charge in [0.25, 0.3) is 0 Å².